The zero-order valence-corrected chi connectivity index (χ0v) is 31.0. The molecule has 6 rings (SSSR count). The second kappa shape index (κ2) is 13.5. The van der Waals surface area contributed by atoms with Crippen molar-refractivity contribution in [2.75, 3.05) is 45.5 Å². The number of carboxylic acid groups (broad SMARTS) is 2. The first-order chi connectivity index (χ1) is 24.3. The van der Waals surface area contributed by atoms with Crippen molar-refractivity contribution in [1.29, 1.82) is 0 Å². The molecular formula is C33H38ClN6O10S2+. The van der Waals surface area contributed by atoms with Gasteiger partial charge in [-0.1, -0.05) is 16.8 Å². The highest BCUT2D eigenvalue weighted by Crippen LogP contribution is 2.49. The number of hydrogen-bond acceptors (Lipinski definition) is 13. The Hall–Kier alpha value is -4.39. The van der Waals surface area contributed by atoms with E-state index in [1.807, 2.05) is 14.0 Å². The smallest absolute Gasteiger partial charge is 0.352 e. The van der Waals surface area contributed by atoms with Gasteiger partial charge in [0, 0.05) is 47.5 Å². The molecule has 0 bridgehead atoms. The summed E-state index contributed by atoms with van der Waals surface area (Å²) in [4.78, 5) is 77.0. The van der Waals surface area contributed by atoms with E-state index in [4.69, 9.17) is 22.2 Å². The topological polar surface area (TPSA) is 233 Å². The Balaban J connectivity index is 1.16. The number of fused-ring (bicyclic) bond motifs is 2. The number of thioether (sulfide) groups is 1. The molecule has 16 nitrogen and oxygen atoms in total. The van der Waals surface area contributed by atoms with E-state index in [0.717, 1.165) is 11.3 Å². The molecule has 0 aliphatic carbocycles. The summed E-state index contributed by atoms with van der Waals surface area (Å²) in [5.41, 5.74) is 4.39. The number of carbonyl (C=O) groups is 5. The Morgan fingerprint density at radius 1 is 1.15 bits per heavy atom. The molecule has 278 valence electrons. The molecule has 0 radical (unpaired) electrons. The summed E-state index contributed by atoms with van der Waals surface area (Å²) in [5, 5.41) is 43.9. The van der Waals surface area contributed by atoms with Gasteiger partial charge in [-0.3, -0.25) is 19.3 Å². The Kier molecular flexibility index (Phi) is 9.73. The second-order valence-corrected chi connectivity index (χ2v) is 17.1. The van der Waals surface area contributed by atoms with Gasteiger partial charge in [-0.05, 0) is 32.9 Å². The van der Waals surface area contributed by atoms with E-state index in [1.165, 1.54) is 48.0 Å². The number of phenolic OH excluding ortho intramolecular Hbond substituents is 2. The van der Waals surface area contributed by atoms with Gasteiger partial charge >= 0.3 is 11.9 Å². The van der Waals surface area contributed by atoms with Gasteiger partial charge in [0.2, 0.25) is 11.5 Å². The van der Waals surface area contributed by atoms with Gasteiger partial charge in [-0.25, -0.2) is 14.6 Å². The molecule has 2 amide bonds. The molecule has 0 spiro atoms. The van der Waals surface area contributed by atoms with Gasteiger partial charge in [0.25, 0.3) is 5.91 Å². The number of nitrogens with two attached hydrogens (primary N) is 1. The summed E-state index contributed by atoms with van der Waals surface area (Å²) >= 11 is 8.59. The third kappa shape index (κ3) is 6.68. The lowest BCUT2D eigenvalue weighted by Crippen LogP contribution is -2.63. The van der Waals surface area contributed by atoms with Crippen LogP contribution in [0.25, 0.3) is 0 Å². The lowest BCUT2D eigenvalue weighted by molar-refractivity contribution is -0.896. The van der Waals surface area contributed by atoms with E-state index < -0.39 is 52.0 Å². The van der Waals surface area contributed by atoms with E-state index >= 15 is 0 Å². The Morgan fingerprint density at radius 2 is 1.81 bits per heavy atom. The quantitative estimate of drug-likeness (QED) is 0.0726. The van der Waals surface area contributed by atoms with E-state index in [9.17, 15) is 44.4 Å². The average molecular weight is 778 g/mol. The highest BCUT2D eigenvalue weighted by Gasteiger charge is 2.57. The predicted molar refractivity (Wildman–Crippen MR) is 190 cm³/mol. The highest BCUT2D eigenvalue weighted by molar-refractivity contribution is 8.00. The number of halogens is 1. The number of nitrogen functional groups attached to an aromatic ring is 1. The molecular weight excluding hydrogens is 740 g/mol. The number of hydrogen-bond donors (Lipinski definition) is 5. The third-order valence-electron chi connectivity index (χ3n) is 10.1. The van der Waals surface area contributed by atoms with Crippen LogP contribution in [-0.2, 0) is 24.0 Å². The summed E-state index contributed by atoms with van der Waals surface area (Å²) in [6.45, 7) is 7.00. The number of aliphatic carboxylic acids is 2. The number of nitrogens with zero attached hydrogens (tertiary/aromatic N) is 5. The maximum Gasteiger partial charge on any atom is 0.352 e. The highest BCUT2D eigenvalue weighted by atomic mass is 35.5. The number of likely N-dealkylation sites (N-methyl/N-ethyl adjacent to an activating group) is 1. The van der Waals surface area contributed by atoms with Crippen molar-refractivity contribution < 1.29 is 53.7 Å². The summed E-state index contributed by atoms with van der Waals surface area (Å²) in [7, 11) is 2.04. The number of carbonyl (C=O) groups excluding carboxylic acids is 3. The standard InChI is InChI=1S/C33H37ClN6O10S2/c1-14-19(12-40(4)10-15-8-38(9-16(15)11-40)27(44)17-5-6-21(41)26(43)23(17)34)25(30(46)47)39-28(45)18(29(39)52-14)7-22(42)24(20-13-51-32(35)36-20)37-50-33(2,3)31(48)49/h5-6,13-16,18,29H,7-12H2,1-4H3,(H5-,35,36,37,41,42,43,44,46,47,48,49)/p+1/t14-,15-,16+,18+,29+,40?/m0/s1. The number of amides is 2. The van der Waals surface area contributed by atoms with Crippen LogP contribution in [0.4, 0.5) is 5.13 Å². The number of rotatable bonds is 11. The van der Waals surface area contributed by atoms with Gasteiger partial charge in [0.1, 0.15) is 17.9 Å². The fourth-order valence-electron chi connectivity index (χ4n) is 7.47. The van der Waals surface area contributed by atoms with Crippen LogP contribution in [0.3, 0.4) is 0 Å². The molecule has 1 aromatic carbocycles. The van der Waals surface area contributed by atoms with Crippen LogP contribution < -0.4 is 5.73 Å². The van der Waals surface area contributed by atoms with Gasteiger partial charge in [0.15, 0.2) is 28.1 Å². The molecule has 19 heteroatoms. The van der Waals surface area contributed by atoms with Crippen molar-refractivity contribution in [3.63, 3.8) is 0 Å². The number of ketones is 1. The third-order valence-corrected chi connectivity index (χ3v) is 12.7. The van der Waals surface area contributed by atoms with E-state index in [2.05, 4.69) is 10.1 Å². The lowest BCUT2D eigenvalue weighted by Gasteiger charge is -2.51. The van der Waals surface area contributed by atoms with Crippen molar-refractivity contribution in [3.05, 3.63) is 45.1 Å². The zero-order chi connectivity index (χ0) is 38.0. The molecule has 6 N–H and O–H groups in total. The minimum atomic E-state index is -1.76. The first-order valence-electron chi connectivity index (χ1n) is 16.3. The van der Waals surface area contributed by atoms with Crippen molar-refractivity contribution in [2.45, 2.75) is 43.4 Å². The molecule has 3 fully saturated rings. The normalized spacial score (nSPS) is 27.3. The Labute approximate surface area is 311 Å². The summed E-state index contributed by atoms with van der Waals surface area (Å²) < 4.78 is 0.507. The summed E-state index contributed by atoms with van der Waals surface area (Å²) in [6, 6.07) is 2.59. The Bertz CT molecular complexity index is 1930. The van der Waals surface area contributed by atoms with Crippen molar-refractivity contribution in [1.82, 2.24) is 14.8 Å². The molecule has 3 saturated heterocycles. The number of thiazole rings is 1. The number of phenols is 2. The maximum atomic E-state index is 13.6. The molecule has 1 aromatic heterocycles. The van der Waals surface area contributed by atoms with Gasteiger partial charge in [0.05, 0.1) is 42.0 Å². The van der Waals surface area contributed by atoms with Gasteiger partial charge < -0.3 is 40.4 Å². The van der Waals surface area contributed by atoms with Crippen LogP contribution in [0.15, 0.2) is 33.9 Å². The van der Waals surface area contributed by atoms with Crippen LogP contribution >= 0.6 is 34.7 Å². The van der Waals surface area contributed by atoms with E-state index in [0.29, 0.717) is 42.8 Å². The molecule has 5 heterocycles. The van der Waals surface area contributed by atoms with Crippen LogP contribution in [0.2, 0.25) is 5.02 Å². The first kappa shape index (κ1) is 37.4. The number of aromatic hydroxyl groups is 2. The number of carboxylic acids is 2. The fourth-order valence-corrected chi connectivity index (χ4v) is 9.77. The molecule has 52 heavy (non-hydrogen) atoms. The van der Waals surface area contributed by atoms with E-state index in [-0.39, 0.29) is 62.2 Å². The minimum absolute atomic E-state index is 0.0682. The number of likely N-dealkylation sites (tertiary alicyclic amines) is 2. The van der Waals surface area contributed by atoms with Gasteiger partial charge in [-0.15, -0.1) is 23.1 Å². The van der Waals surface area contributed by atoms with E-state index in [1.54, 1.807) is 4.90 Å². The van der Waals surface area contributed by atoms with Crippen molar-refractivity contribution in [2.24, 2.45) is 22.9 Å². The number of benzene rings is 1. The second-order valence-electron chi connectivity index (χ2n) is 14.4. The van der Waals surface area contributed by atoms with Crippen LogP contribution in [0.5, 0.6) is 11.5 Å². The number of aromatic nitrogens is 1. The fraction of sp³-hybridized carbons (Fsp3) is 0.485. The number of β-lactam (4-membered cyclic amide) rings is 1. The first-order valence-corrected chi connectivity index (χ1v) is 18.5. The Morgan fingerprint density at radius 3 is 2.38 bits per heavy atom. The molecule has 6 atom stereocenters. The number of quaternary nitrogens is 1. The van der Waals surface area contributed by atoms with Crippen LogP contribution in [0.1, 0.15) is 43.2 Å². The summed E-state index contributed by atoms with van der Waals surface area (Å²) in [6.07, 6.45) is -0.337. The number of oxime groups is 1. The van der Waals surface area contributed by atoms with Crippen LogP contribution in [-0.4, -0.2) is 131 Å². The zero-order valence-electron chi connectivity index (χ0n) is 28.6. The molecule has 4 aliphatic rings. The molecule has 1 unspecified atom stereocenters. The molecule has 2 aromatic rings. The number of Topliss-reactive ketones (excluding diaryl/α,β-unsaturated/α-hetero) is 1. The SMILES string of the molecule is C[C@@H]1S[C@@H]2[C@H](CC(=O)/C(=N\OC(C)(C)C(=O)O)c3csc(N)n3)C(=O)N2C(C(=O)O)=C1C[N+]1(C)C[C@H]2CN(C(=O)c3ccc(O)c(O)c3Cl)C[C@H]2C1. The largest absolute Gasteiger partial charge is 0.504 e. The monoisotopic (exact) mass is 777 g/mol. The molecule has 4 aliphatic heterocycles. The van der Waals surface area contributed by atoms with Gasteiger partial charge in [-0.2, -0.15) is 0 Å². The average Bonchev–Trinajstić information content (AvgIpc) is 3.76. The van der Waals surface area contributed by atoms with Crippen molar-refractivity contribution in [3.8, 4) is 11.5 Å². The molecule has 0 saturated carbocycles. The summed E-state index contributed by atoms with van der Waals surface area (Å²) in [5.74, 6) is -5.65. The van der Waals surface area contributed by atoms with Crippen LogP contribution in [0, 0.1) is 17.8 Å². The number of anilines is 1. The lowest BCUT2D eigenvalue weighted by atomic mass is 9.88. The predicted octanol–water partition coefficient (Wildman–Crippen LogP) is 2.44. The van der Waals surface area contributed by atoms with Crippen molar-refractivity contribution >= 4 is 75.1 Å². The minimum Gasteiger partial charge on any atom is -0.504 e. The maximum absolute atomic E-state index is 13.6.